The zero-order valence-electron chi connectivity index (χ0n) is 17.1. The summed E-state index contributed by atoms with van der Waals surface area (Å²) in [6.07, 6.45) is 0.760. The lowest BCUT2D eigenvalue weighted by molar-refractivity contribution is -0.138. The quantitative estimate of drug-likeness (QED) is 0.778. The summed E-state index contributed by atoms with van der Waals surface area (Å²) in [7, 11) is 3.36. The van der Waals surface area contributed by atoms with Gasteiger partial charge in [-0.1, -0.05) is 18.2 Å². The molecule has 2 aromatic rings. The molecule has 0 N–H and O–H groups in total. The summed E-state index contributed by atoms with van der Waals surface area (Å²) in [5.74, 6) is 2.72. The van der Waals surface area contributed by atoms with E-state index in [1.807, 2.05) is 47.4 Å². The van der Waals surface area contributed by atoms with Crippen LogP contribution in [0.25, 0.3) is 0 Å². The van der Waals surface area contributed by atoms with E-state index < -0.39 is 0 Å². The molecule has 0 spiro atoms. The summed E-state index contributed by atoms with van der Waals surface area (Å²) in [5.41, 5.74) is 2.23. The minimum Gasteiger partial charge on any atom is -0.497 e. The molecule has 29 heavy (non-hydrogen) atoms. The predicted octanol–water partition coefficient (Wildman–Crippen LogP) is 2.60. The summed E-state index contributed by atoms with van der Waals surface area (Å²) in [6.45, 7) is 4.42. The summed E-state index contributed by atoms with van der Waals surface area (Å²) in [5, 5.41) is 0. The number of benzene rings is 2. The molecule has 1 saturated heterocycles. The molecule has 1 amide bonds. The molecule has 6 nitrogen and oxygen atoms in total. The van der Waals surface area contributed by atoms with Crippen molar-refractivity contribution >= 4 is 5.91 Å². The van der Waals surface area contributed by atoms with Crippen LogP contribution in [-0.4, -0.2) is 62.7 Å². The third kappa shape index (κ3) is 4.32. The molecule has 2 aromatic carbocycles. The van der Waals surface area contributed by atoms with Gasteiger partial charge < -0.3 is 19.1 Å². The maximum atomic E-state index is 13.0. The van der Waals surface area contributed by atoms with E-state index >= 15 is 0 Å². The topological polar surface area (TPSA) is 51.2 Å². The molecule has 2 heterocycles. The lowest BCUT2D eigenvalue weighted by Crippen LogP contribution is -2.51. The van der Waals surface area contributed by atoms with Gasteiger partial charge in [0.25, 0.3) is 0 Å². The number of rotatable bonds is 5. The number of carbonyl (C=O) groups excluding carboxylic acids is 1. The van der Waals surface area contributed by atoms with Gasteiger partial charge in [0.1, 0.15) is 23.9 Å². The van der Waals surface area contributed by atoms with Gasteiger partial charge in [-0.3, -0.25) is 9.69 Å². The minimum atomic E-state index is -0.0880. The van der Waals surface area contributed by atoms with E-state index in [9.17, 15) is 4.79 Å². The normalized spacial score (nSPS) is 19.2. The molecular formula is C23H28N2O4. The van der Waals surface area contributed by atoms with E-state index in [2.05, 4.69) is 4.90 Å². The summed E-state index contributed by atoms with van der Waals surface area (Å²) in [4.78, 5) is 17.3. The Balaban J connectivity index is 1.33. The molecule has 0 radical (unpaired) electrons. The zero-order chi connectivity index (χ0) is 20.2. The number of hydrogen-bond donors (Lipinski definition) is 0. The van der Waals surface area contributed by atoms with Crippen molar-refractivity contribution < 1.29 is 19.0 Å². The third-order valence-electron chi connectivity index (χ3n) is 5.79. The van der Waals surface area contributed by atoms with Crippen molar-refractivity contribution in [2.45, 2.75) is 13.0 Å². The van der Waals surface area contributed by atoms with Gasteiger partial charge in [-0.15, -0.1) is 0 Å². The van der Waals surface area contributed by atoms with Gasteiger partial charge in [-0.25, -0.2) is 0 Å². The predicted molar refractivity (Wildman–Crippen MR) is 111 cm³/mol. The molecule has 1 unspecified atom stereocenters. The second-order valence-corrected chi connectivity index (χ2v) is 7.60. The molecule has 0 aliphatic carbocycles. The molecule has 4 rings (SSSR count). The van der Waals surface area contributed by atoms with Crippen molar-refractivity contribution in [3.8, 4) is 17.2 Å². The highest BCUT2D eigenvalue weighted by molar-refractivity contribution is 5.80. The van der Waals surface area contributed by atoms with Crippen molar-refractivity contribution in [1.82, 2.24) is 9.80 Å². The Hall–Kier alpha value is -2.73. The van der Waals surface area contributed by atoms with E-state index in [1.165, 1.54) is 0 Å². The van der Waals surface area contributed by atoms with Crippen LogP contribution in [-0.2, 0) is 17.8 Å². The van der Waals surface area contributed by atoms with Gasteiger partial charge in [0.05, 0.1) is 20.1 Å². The fraction of sp³-hybridized carbons (Fsp3) is 0.435. The molecule has 154 valence electrons. The first-order valence-electron chi connectivity index (χ1n) is 10.1. The van der Waals surface area contributed by atoms with Crippen molar-refractivity contribution in [2.75, 3.05) is 47.0 Å². The largest absolute Gasteiger partial charge is 0.497 e. The van der Waals surface area contributed by atoms with E-state index in [4.69, 9.17) is 14.2 Å². The monoisotopic (exact) mass is 396 g/mol. The Morgan fingerprint density at radius 2 is 1.86 bits per heavy atom. The second kappa shape index (κ2) is 8.74. The van der Waals surface area contributed by atoms with Crippen LogP contribution < -0.4 is 14.2 Å². The first kappa shape index (κ1) is 19.6. The zero-order valence-corrected chi connectivity index (χ0v) is 17.1. The number of ether oxygens (including phenoxy) is 3. The van der Waals surface area contributed by atoms with Gasteiger partial charge in [-0.2, -0.15) is 0 Å². The minimum absolute atomic E-state index is 0.0880. The van der Waals surface area contributed by atoms with Gasteiger partial charge in [0.2, 0.25) is 5.91 Å². The Kier molecular flexibility index (Phi) is 5.90. The molecule has 0 saturated carbocycles. The summed E-state index contributed by atoms with van der Waals surface area (Å²) >= 11 is 0. The summed E-state index contributed by atoms with van der Waals surface area (Å²) < 4.78 is 16.7. The Morgan fingerprint density at radius 1 is 1.07 bits per heavy atom. The fourth-order valence-electron chi connectivity index (χ4n) is 4.12. The Morgan fingerprint density at radius 3 is 2.62 bits per heavy atom. The third-order valence-corrected chi connectivity index (χ3v) is 5.79. The van der Waals surface area contributed by atoms with E-state index in [1.54, 1.807) is 14.2 Å². The van der Waals surface area contributed by atoms with Gasteiger partial charge in [-0.05, 0) is 36.2 Å². The average molecular weight is 396 g/mol. The van der Waals surface area contributed by atoms with Gasteiger partial charge in [0, 0.05) is 38.3 Å². The molecular weight excluding hydrogens is 368 g/mol. The highest BCUT2D eigenvalue weighted by Gasteiger charge is 2.31. The number of nitrogens with zero attached hydrogens (tertiary/aromatic N) is 2. The SMILES string of the molecule is COc1ccc(OC)c(CN2CCN(C(=O)C3COc4ccccc4C3)CC2)c1. The average Bonchev–Trinajstić information content (AvgIpc) is 2.78. The van der Waals surface area contributed by atoms with Crippen LogP contribution in [0.5, 0.6) is 17.2 Å². The molecule has 1 fully saturated rings. The van der Waals surface area contributed by atoms with Gasteiger partial charge in [0.15, 0.2) is 0 Å². The molecule has 0 aromatic heterocycles. The van der Waals surface area contributed by atoms with Crippen molar-refractivity contribution in [1.29, 1.82) is 0 Å². The molecule has 2 aliphatic rings. The standard InChI is InChI=1S/C23H28N2O4/c1-27-20-7-8-21(28-2)18(14-20)15-24-9-11-25(12-10-24)23(26)19-13-17-5-3-4-6-22(17)29-16-19/h3-8,14,19H,9-13,15-16H2,1-2H3. The maximum absolute atomic E-state index is 13.0. The lowest BCUT2D eigenvalue weighted by Gasteiger charge is -2.37. The molecule has 6 heteroatoms. The lowest BCUT2D eigenvalue weighted by atomic mass is 9.95. The highest BCUT2D eigenvalue weighted by Crippen LogP contribution is 2.29. The van der Waals surface area contributed by atoms with Crippen LogP contribution >= 0.6 is 0 Å². The number of methoxy groups -OCH3 is 2. The fourth-order valence-corrected chi connectivity index (χ4v) is 4.12. The summed E-state index contributed by atoms with van der Waals surface area (Å²) in [6, 6.07) is 13.9. The molecule has 2 aliphatic heterocycles. The van der Waals surface area contributed by atoms with Crippen LogP contribution in [0.1, 0.15) is 11.1 Å². The number of para-hydroxylation sites is 1. The first-order chi connectivity index (χ1) is 14.2. The highest BCUT2D eigenvalue weighted by atomic mass is 16.5. The second-order valence-electron chi connectivity index (χ2n) is 7.60. The van der Waals surface area contributed by atoms with Crippen molar-refractivity contribution in [2.24, 2.45) is 5.92 Å². The van der Waals surface area contributed by atoms with Crippen LogP contribution in [0.3, 0.4) is 0 Å². The van der Waals surface area contributed by atoms with Crippen LogP contribution in [0.4, 0.5) is 0 Å². The number of fused-ring (bicyclic) bond motifs is 1. The molecule has 0 bridgehead atoms. The number of piperazine rings is 1. The Bertz CT molecular complexity index is 862. The van der Waals surface area contributed by atoms with E-state index in [-0.39, 0.29) is 11.8 Å². The first-order valence-corrected chi connectivity index (χ1v) is 10.1. The van der Waals surface area contributed by atoms with E-state index in [0.29, 0.717) is 6.61 Å². The number of amides is 1. The van der Waals surface area contributed by atoms with E-state index in [0.717, 1.165) is 67.5 Å². The Labute approximate surface area is 172 Å². The smallest absolute Gasteiger partial charge is 0.229 e. The number of carbonyl (C=O) groups is 1. The van der Waals surface area contributed by atoms with Crippen LogP contribution in [0.15, 0.2) is 42.5 Å². The van der Waals surface area contributed by atoms with Crippen molar-refractivity contribution in [3.05, 3.63) is 53.6 Å². The van der Waals surface area contributed by atoms with Crippen LogP contribution in [0.2, 0.25) is 0 Å². The maximum Gasteiger partial charge on any atom is 0.229 e. The molecule has 1 atom stereocenters. The number of hydrogen-bond acceptors (Lipinski definition) is 5. The van der Waals surface area contributed by atoms with Crippen molar-refractivity contribution in [3.63, 3.8) is 0 Å². The van der Waals surface area contributed by atoms with Crippen LogP contribution in [0, 0.1) is 5.92 Å². The van der Waals surface area contributed by atoms with Gasteiger partial charge >= 0.3 is 0 Å².